The van der Waals surface area contributed by atoms with E-state index in [9.17, 15) is 14.4 Å². The molecule has 1 unspecified atom stereocenters. The number of nitrogens with one attached hydrogen (secondary N) is 1. The number of benzene rings is 1. The fourth-order valence-electron chi connectivity index (χ4n) is 2.53. The highest BCUT2D eigenvalue weighted by Crippen LogP contribution is 2.31. The molecule has 1 aromatic heterocycles. The van der Waals surface area contributed by atoms with Crippen molar-refractivity contribution in [3.8, 4) is 0 Å². The Bertz CT molecular complexity index is 798. The van der Waals surface area contributed by atoms with Crippen LogP contribution in [0.4, 0.5) is 4.79 Å². The van der Waals surface area contributed by atoms with E-state index in [1.807, 2.05) is 31.2 Å². The third-order valence-corrected chi connectivity index (χ3v) is 5.04. The summed E-state index contributed by atoms with van der Waals surface area (Å²) in [6.45, 7) is 4.05. The molecule has 6 nitrogen and oxygen atoms in total. The van der Waals surface area contributed by atoms with E-state index in [0.29, 0.717) is 18.0 Å². The summed E-state index contributed by atoms with van der Waals surface area (Å²) in [5.74, 6) is -1.05. The van der Waals surface area contributed by atoms with Crippen molar-refractivity contribution in [2.24, 2.45) is 0 Å². The number of fused-ring (bicyclic) bond motifs is 1. The van der Waals surface area contributed by atoms with Crippen molar-refractivity contribution >= 4 is 39.3 Å². The number of amides is 3. The summed E-state index contributed by atoms with van der Waals surface area (Å²) in [6.07, 6.45) is -1.00. The predicted octanol–water partition coefficient (Wildman–Crippen LogP) is 2.31. The molecule has 1 N–H and O–H groups in total. The first kappa shape index (κ1) is 15.5. The van der Waals surface area contributed by atoms with Gasteiger partial charge in [0.15, 0.2) is 6.10 Å². The zero-order valence-corrected chi connectivity index (χ0v) is 13.6. The lowest BCUT2D eigenvalue weighted by Gasteiger charge is -2.17. The Morgan fingerprint density at radius 2 is 2.09 bits per heavy atom. The number of aryl methyl sites for hydroxylation is 1. The molecule has 1 aliphatic heterocycles. The van der Waals surface area contributed by atoms with Crippen LogP contribution in [0.3, 0.4) is 0 Å². The summed E-state index contributed by atoms with van der Waals surface area (Å²) in [4.78, 5) is 37.6. The van der Waals surface area contributed by atoms with Gasteiger partial charge in [0.2, 0.25) is 0 Å². The summed E-state index contributed by atoms with van der Waals surface area (Å²) in [6, 6.07) is 7.26. The van der Waals surface area contributed by atoms with Crippen molar-refractivity contribution in [1.82, 2.24) is 10.2 Å². The minimum absolute atomic E-state index is 0.293. The highest BCUT2D eigenvalue weighted by Gasteiger charge is 2.32. The second-order valence-corrected chi connectivity index (χ2v) is 6.37. The average Bonchev–Trinajstić information content (AvgIpc) is 3.11. The smallest absolute Gasteiger partial charge is 0.349 e. The van der Waals surface area contributed by atoms with Crippen LogP contribution in [-0.2, 0) is 9.53 Å². The Balaban J connectivity index is 1.76. The highest BCUT2D eigenvalue weighted by atomic mass is 32.1. The first-order chi connectivity index (χ1) is 11.0. The average molecular weight is 332 g/mol. The largest absolute Gasteiger partial charge is 0.448 e. The number of hydrogen-bond donors (Lipinski definition) is 1. The van der Waals surface area contributed by atoms with Gasteiger partial charge in [0.1, 0.15) is 4.88 Å². The van der Waals surface area contributed by atoms with E-state index < -0.39 is 24.0 Å². The molecule has 1 atom stereocenters. The molecule has 1 aliphatic rings. The van der Waals surface area contributed by atoms with Crippen molar-refractivity contribution < 1.29 is 19.1 Å². The maximum atomic E-state index is 12.4. The van der Waals surface area contributed by atoms with Gasteiger partial charge in [0, 0.05) is 17.8 Å². The van der Waals surface area contributed by atoms with Gasteiger partial charge in [-0.3, -0.25) is 9.69 Å². The van der Waals surface area contributed by atoms with Gasteiger partial charge in [-0.05, 0) is 30.9 Å². The van der Waals surface area contributed by atoms with Gasteiger partial charge in [-0.2, -0.15) is 0 Å². The fourth-order valence-corrected chi connectivity index (χ4v) is 3.63. The minimum Gasteiger partial charge on any atom is -0.448 e. The van der Waals surface area contributed by atoms with E-state index in [4.69, 9.17) is 4.74 Å². The number of imide groups is 1. The predicted molar refractivity (Wildman–Crippen MR) is 86.6 cm³/mol. The summed E-state index contributed by atoms with van der Waals surface area (Å²) in [7, 11) is 0. The van der Waals surface area contributed by atoms with Crippen LogP contribution < -0.4 is 5.32 Å². The van der Waals surface area contributed by atoms with Gasteiger partial charge in [0.25, 0.3) is 5.91 Å². The molecule has 1 aromatic carbocycles. The molecule has 0 aliphatic carbocycles. The molecule has 0 bridgehead atoms. The number of nitrogens with zero attached hydrogens (tertiary/aromatic N) is 1. The topological polar surface area (TPSA) is 75.7 Å². The zero-order valence-electron chi connectivity index (χ0n) is 12.8. The zero-order chi connectivity index (χ0) is 16.6. The third-order valence-electron chi connectivity index (χ3n) is 3.78. The molecule has 1 fully saturated rings. The van der Waals surface area contributed by atoms with Crippen LogP contribution in [0.5, 0.6) is 0 Å². The van der Waals surface area contributed by atoms with Crippen LogP contribution in [0.1, 0.15) is 22.2 Å². The monoisotopic (exact) mass is 332 g/mol. The molecular formula is C16H16N2O4S. The Kier molecular flexibility index (Phi) is 4.04. The molecule has 2 heterocycles. The van der Waals surface area contributed by atoms with E-state index in [-0.39, 0.29) is 0 Å². The van der Waals surface area contributed by atoms with Crippen LogP contribution >= 0.6 is 11.3 Å². The molecule has 0 spiro atoms. The van der Waals surface area contributed by atoms with Crippen molar-refractivity contribution in [3.63, 3.8) is 0 Å². The van der Waals surface area contributed by atoms with Crippen LogP contribution in [-0.4, -0.2) is 42.0 Å². The molecule has 0 saturated carbocycles. The molecule has 23 heavy (non-hydrogen) atoms. The Morgan fingerprint density at radius 3 is 2.74 bits per heavy atom. The second kappa shape index (κ2) is 6.00. The maximum absolute atomic E-state index is 12.4. The van der Waals surface area contributed by atoms with Gasteiger partial charge in [-0.25, -0.2) is 9.59 Å². The highest BCUT2D eigenvalue weighted by molar-refractivity contribution is 7.21. The molecule has 120 valence electrons. The van der Waals surface area contributed by atoms with Crippen molar-refractivity contribution in [3.05, 3.63) is 34.7 Å². The summed E-state index contributed by atoms with van der Waals surface area (Å²) >= 11 is 1.34. The molecule has 0 radical (unpaired) electrons. The van der Waals surface area contributed by atoms with Gasteiger partial charge < -0.3 is 10.1 Å². The Hall–Kier alpha value is -2.41. The number of ether oxygens (including phenoxy) is 1. The quantitative estimate of drug-likeness (QED) is 0.875. The van der Waals surface area contributed by atoms with Crippen molar-refractivity contribution in [2.75, 3.05) is 13.1 Å². The standard InChI is InChI=1S/C16H16N2O4S/c1-9-11-5-3-4-6-12(11)23-13(9)15(20)22-10(2)14(19)18-8-7-17-16(18)21/h3-6,10H,7-8H2,1-2H3,(H,17,21). The number of hydrogen-bond acceptors (Lipinski definition) is 5. The lowest BCUT2D eigenvalue weighted by Crippen LogP contribution is -2.41. The van der Waals surface area contributed by atoms with E-state index in [0.717, 1.165) is 20.5 Å². The van der Waals surface area contributed by atoms with E-state index in [1.165, 1.54) is 18.3 Å². The lowest BCUT2D eigenvalue weighted by atomic mass is 10.1. The van der Waals surface area contributed by atoms with Gasteiger partial charge in [-0.1, -0.05) is 18.2 Å². The Morgan fingerprint density at radius 1 is 1.35 bits per heavy atom. The summed E-state index contributed by atoms with van der Waals surface area (Å²) in [5, 5.41) is 3.55. The van der Waals surface area contributed by atoms with Crippen LogP contribution in [0.25, 0.3) is 10.1 Å². The summed E-state index contributed by atoms with van der Waals surface area (Å²) in [5.41, 5.74) is 0.842. The number of rotatable bonds is 3. The molecule has 3 rings (SSSR count). The SMILES string of the molecule is Cc1c(C(=O)OC(C)C(=O)N2CCNC2=O)sc2ccccc12. The molecular weight excluding hydrogens is 316 g/mol. The van der Waals surface area contributed by atoms with E-state index in [2.05, 4.69) is 5.32 Å². The molecule has 7 heteroatoms. The lowest BCUT2D eigenvalue weighted by molar-refractivity contribution is -0.136. The van der Waals surface area contributed by atoms with Gasteiger partial charge >= 0.3 is 12.0 Å². The second-order valence-electron chi connectivity index (χ2n) is 5.32. The number of thiophene rings is 1. The third kappa shape index (κ3) is 2.79. The van der Waals surface area contributed by atoms with Crippen molar-refractivity contribution in [2.45, 2.75) is 20.0 Å². The van der Waals surface area contributed by atoms with Gasteiger partial charge in [0.05, 0.1) is 0 Å². The molecule has 1 saturated heterocycles. The maximum Gasteiger partial charge on any atom is 0.349 e. The number of carbonyl (C=O) groups excluding carboxylic acids is 3. The molecule has 2 aromatic rings. The number of carbonyl (C=O) groups is 3. The number of urea groups is 1. The summed E-state index contributed by atoms with van der Waals surface area (Å²) < 4.78 is 6.26. The minimum atomic E-state index is -1.00. The van der Waals surface area contributed by atoms with E-state index in [1.54, 1.807) is 0 Å². The van der Waals surface area contributed by atoms with Crippen LogP contribution in [0, 0.1) is 6.92 Å². The first-order valence-electron chi connectivity index (χ1n) is 7.27. The molecule has 3 amide bonds. The first-order valence-corrected chi connectivity index (χ1v) is 8.09. The van der Waals surface area contributed by atoms with Crippen LogP contribution in [0.2, 0.25) is 0 Å². The van der Waals surface area contributed by atoms with Crippen molar-refractivity contribution in [1.29, 1.82) is 0 Å². The van der Waals surface area contributed by atoms with E-state index >= 15 is 0 Å². The Labute approximate surface area is 137 Å². The van der Waals surface area contributed by atoms with Crippen LogP contribution in [0.15, 0.2) is 24.3 Å². The van der Waals surface area contributed by atoms with Gasteiger partial charge in [-0.15, -0.1) is 11.3 Å². The number of esters is 1. The fraction of sp³-hybridized carbons (Fsp3) is 0.312. The normalized spacial score (nSPS) is 15.6.